The van der Waals surface area contributed by atoms with E-state index >= 15 is 0 Å². The number of rotatable bonds is 6. The highest BCUT2D eigenvalue weighted by Crippen LogP contribution is 2.11. The van der Waals surface area contributed by atoms with Gasteiger partial charge in [0, 0.05) is 18.7 Å². The Hall–Kier alpha value is -3.21. The van der Waals surface area contributed by atoms with Crippen LogP contribution in [0.1, 0.15) is 21.6 Å². The number of nitrogens with zero attached hydrogens (tertiary/aromatic N) is 1. The molecule has 0 radical (unpaired) electrons. The van der Waals surface area contributed by atoms with Crippen molar-refractivity contribution in [1.82, 2.24) is 10.3 Å². The van der Waals surface area contributed by atoms with Gasteiger partial charge in [-0.2, -0.15) is 0 Å². The summed E-state index contributed by atoms with van der Waals surface area (Å²) < 4.78 is 13.6. The Morgan fingerprint density at radius 1 is 0.920 bits per heavy atom. The Morgan fingerprint density at radius 2 is 1.68 bits per heavy atom. The van der Waals surface area contributed by atoms with Gasteiger partial charge in [0.2, 0.25) is 0 Å². The second kappa shape index (κ2) is 8.06. The third kappa shape index (κ3) is 4.64. The van der Waals surface area contributed by atoms with Crippen molar-refractivity contribution in [3.05, 3.63) is 95.6 Å². The molecule has 0 fully saturated rings. The number of anilines is 1. The number of aromatic nitrogens is 1. The SMILES string of the molecule is O=C(NCc1ccccc1)c1ccc(NCc2ccccc2F)cn1. The van der Waals surface area contributed by atoms with Gasteiger partial charge in [-0.25, -0.2) is 9.37 Å². The topological polar surface area (TPSA) is 54.0 Å². The molecule has 0 unspecified atom stereocenters. The van der Waals surface area contributed by atoms with Gasteiger partial charge in [0.1, 0.15) is 11.5 Å². The zero-order chi connectivity index (χ0) is 17.5. The van der Waals surface area contributed by atoms with Crippen molar-refractivity contribution in [3.63, 3.8) is 0 Å². The zero-order valence-corrected chi connectivity index (χ0v) is 13.6. The normalized spacial score (nSPS) is 10.3. The van der Waals surface area contributed by atoms with Crippen LogP contribution in [-0.2, 0) is 13.1 Å². The van der Waals surface area contributed by atoms with Crippen molar-refractivity contribution in [1.29, 1.82) is 0 Å². The molecule has 0 saturated heterocycles. The van der Waals surface area contributed by atoms with E-state index < -0.39 is 0 Å². The molecule has 1 amide bonds. The Bertz CT molecular complexity index is 835. The van der Waals surface area contributed by atoms with E-state index in [0.717, 1.165) is 11.3 Å². The van der Waals surface area contributed by atoms with Crippen LogP contribution in [0, 0.1) is 5.82 Å². The van der Waals surface area contributed by atoms with Crippen molar-refractivity contribution in [2.45, 2.75) is 13.1 Å². The zero-order valence-electron chi connectivity index (χ0n) is 13.6. The van der Waals surface area contributed by atoms with E-state index in [-0.39, 0.29) is 11.7 Å². The Kier molecular flexibility index (Phi) is 5.36. The lowest BCUT2D eigenvalue weighted by Crippen LogP contribution is -2.23. The van der Waals surface area contributed by atoms with Crippen LogP contribution in [0.15, 0.2) is 72.9 Å². The first-order valence-electron chi connectivity index (χ1n) is 7.98. The van der Waals surface area contributed by atoms with Gasteiger partial charge in [0.25, 0.3) is 5.91 Å². The Labute approximate surface area is 145 Å². The smallest absolute Gasteiger partial charge is 0.270 e. The van der Waals surface area contributed by atoms with Crippen LogP contribution in [0.5, 0.6) is 0 Å². The number of halogens is 1. The summed E-state index contributed by atoms with van der Waals surface area (Å²) in [6, 6.07) is 19.7. The molecule has 3 aromatic rings. The maximum atomic E-state index is 13.6. The predicted molar refractivity (Wildman–Crippen MR) is 95.6 cm³/mol. The maximum absolute atomic E-state index is 13.6. The van der Waals surface area contributed by atoms with Gasteiger partial charge in [-0.1, -0.05) is 48.5 Å². The number of hydrogen-bond donors (Lipinski definition) is 2. The van der Waals surface area contributed by atoms with Gasteiger partial charge in [-0.3, -0.25) is 4.79 Å². The lowest BCUT2D eigenvalue weighted by atomic mass is 10.2. The number of carbonyl (C=O) groups excluding carboxylic acids is 1. The largest absolute Gasteiger partial charge is 0.380 e. The van der Waals surface area contributed by atoms with Crippen LogP contribution in [0.2, 0.25) is 0 Å². The molecule has 0 aliphatic carbocycles. The number of carbonyl (C=O) groups is 1. The van der Waals surface area contributed by atoms with E-state index in [2.05, 4.69) is 15.6 Å². The van der Waals surface area contributed by atoms with Gasteiger partial charge >= 0.3 is 0 Å². The maximum Gasteiger partial charge on any atom is 0.270 e. The summed E-state index contributed by atoms with van der Waals surface area (Å²) >= 11 is 0. The second-order valence-corrected chi connectivity index (χ2v) is 5.55. The summed E-state index contributed by atoms with van der Waals surface area (Å²) in [7, 11) is 0. The first kappa shape index (κ1) is 16.6. The van der Waals surface area contributed by atoms with Crippen molar-refractivity contribution >= 4 is 11.6 Å². The molecule has 25 heavy (non-hydrogen) atoms. The molecule has 2 N–H and O–H groups in total. The van der Waals surface area contributed by atoms with Crippen molar-refractivity contribution < 1.29 is 9.18 Å². The monoisotopic (exact) mass is 335 g/mol. The van der Waals surface area contributed by atoms with Crippen LogP contribution in [-0.4, -0.2) is 10.9 Å². The standard InChI is InChI=1S/C20H18FN3O/c21-18-9-5-4-8-16(18)13-22-17-10-11-19(23-14-17)20(25)24-12-15-6-2-1-3-7-15/h1-11,14,22H,12-13H2,(H,24,25). The highest BCUT2D eigenvalue weighted by molar-refractivity contribution is 5.92. The van der Waals surface area contributed by atoms with Crippen molar-refractivity contribution in [2.75, 3.05) is 5.32 Å². The molecule has 0 spiro atoms. The molecule has 2 aromatic carbocycles. The highest BCUT2D eigenvalue weighted by Gasteiger charge is 2.07. The number of amides is 1. The van der Waals surface area contributed by atoms with Crippen molar-refractivity contribution in [3.8, 4) is 0 Å². The van der Waals surface area contributed by atoms with E-state index in [1.807, 2.05) is 30.3 Å². The van der Waals surface area contributed by atoms with E-state index in [1.165, 1.54) is 6.07 Å². The fraction of sp³-hybridized carbons (Fsp3) is 0.100. The first-order valence-corrected chi connectivity index (χ1v) is 7.98. The molecule has 3 rings (SSSR count). The van der Waals surface area contributed by atoms with Crippen LogP contribution in [0.4, 0.5) is 10.1 Å². The number of nitrogens with one attached hydrogen (secondary N) is 2. The molecule has 0 saturated carbocycles. The van der Waals surface area contributed by atoms with Crippen LogP contribution < -0.4 is 10.6 Å². The van der Waals surface area contributed by atoms with Gasteiger partial charge in [0.15, 0.2) is 0 Å². The lowest BCUT2D eigenvalue weighted by Gasteiger charge is -2.08. The molecular weight excluding hydrogens is 317 g/mol. The summed E-state index contributed by atoms with van der Waals surface area (Å²) in [6.45, 7) is 0.808. The van der Waals surface area contributed by atoms with Gasteiger partial charge in [0.05, 0.1) is 11.9 Å². The Balaban J connectivity index is 1.54. The molecular formula is C20H18FN3O. The van der Waals surface area contributed by atoms with Crippen LogP contribution in [0.3, 0.4) is 0 Å². The van der Waals surface area contributed by atoms with Gasteiger partial charge in [-0.05, 0) is 23.8 Å². The van der Waals surface area contributed by atoms with Gasteiger partial charge < -0.3 is 10.6 Å². The Morgan fingerprint density at radius 3 is 2.40 bits per heavy atom. The summed E-state index contributed by atoms with van der Waals surface area (Å²) in [6.07, 6.45) is 1.57. The number of benzene rings is 2. The summed E-state index contributed by atoms with van der Waals surface area (Å²) in [5.74, 6) is -0.482. The summed E-state index contributed by atoms with van der Waals surface area (Å²) in [5, 5.41) is 5.92. The third-order valence-electron chi connectivity index (χ3n) is 3.73. The first-order chi connectivity index (χ1) is 12.2. The van der Waals surface area contributed by atoms with Gasteiger partial charge in [-0.15, -0.1) is 0 Å². The minimum Gasteiger partial charge on any atom is -0.380 e. The highest BCUT2D eigenvalue weighted by atomic mass is 19.1. The fourth-order valence-electron chi connectivity index (χ4n) is 2.34. The molecule has 126 valence electrons. The van der Waals surface area contributed by atoms with E-state index in [0.29, 0.717) is 24.3 Å². The van der Waals surface area contributed by atoms with E-state index in [1.54, 1.807) is 36.5 Å². The molecule has 0 bridgehead atoms. The minimum absolute atomic E-state index is 0.232. The van der Waals surface area contributed by atoms with Crippen LogP contribution >= 0.6 is 0 Å². The molecule has 0 atom stereocenters. The fourth-order valence-corrected chi connectivity index (χ4v) is 2.34. The quantitative estimate of drug-likeness (QED) is 0.721. The molecule has 0 aliphatic heterocycles. The molecule has 1 aromatic heterocycles. The molecule has 0 aliphatic rings. The summed E-state index contributed by atoms with van der Waals surface area (Å²) in [4.78, 5) is 16.3. The molecule has 1 heterocycles. The third-order valence-corrected chi connectivity index (χ3v) is 3.73. The average molecular weight is 335 g/mol. The van der Waals surface area contributed by atoms with E-state index in [9.17, 15) is 9.18 Å². The molecule has 5 heteroatoms. The number of pyridine rings is 1. The minimum atomic E-state index is -0.250. The lowest BCUT2D eigenvalue weighted by molar-refractivity contribution is 0.0946. The summed E-state index contributed by atoms with van der Waals surface area (Å²) in [5.41, 5.74) is 2.67. The number of hydrogen-bond acceptors (Lipinski definition) is 3. The van der Waals surface area contributed by atoms with Crippen LogP contribution in [0.25, 0.3) is 0 Å². The van der Waals surface area contributed by atoms with Crippen molar-refractivity contribution in [2.24, 2.45) is 0 Å². The second-order valence-electron chi connectivity index (χ2n) is 5.55. The predicted octanol–water partition coefficient (Wildman–Crippen LogP) is 3.76. The van der Waals surface area contributed by atoms with E-state index in [4.69, 9.17) is 0 Å². The molecule has 4 nitrogen and oxygen atoms in total. The average Bonchev–Trinajstić information content (AvgIpc) is 2.67.